The summed E-state index contributed by atoms with van der Waals surface area (Å²) in [4.78, 5) is 52.4. The number of primary amides is 1. The molecule has 1 amide bonds. The molecule has 0 bridgehead atoms. The number of allylic oxidation sites excluding steroid dienone is 1. The number of hydrogen-bond donors (Lipinski definition) is 3. The molecule has 2 aromatic rings. The second-order valence-corrected chi connectivity index (χ2v) is 11.5. The molecule has 0 aliphatic heterocycles. The van der Waals surface area contributed by atoms with Gasteiger partial charge in [0.1, 0.15) is 17.4 Å². The zero-order chi connectivity index (χ0) is 28.6. The van der Waals surface area contributed by atoms with Crippen LogP contribution >= 0.6 is 0 Å². The summed E-state index contributed by atoms with van der Waals surface area (Å²) in [7, 11) is 0. The molecule has 0 heterocycles. The highest BCUT2D eigenvalue weighted by atomic mass is 16.3. The van der Waals surface area contributed by atoms with E-state index in [-0.39, 0.29) is 16.8 Å². The summed E-state index contributed by atoms with van der Waals surface area (Å²) >= 11 is 0. The fourth-order valence-electron chi connectivity index (χ4n) is 7.26. The highest BCUT2D eigenvalue weighted by Gasteiger charge is 2.69. The number of nitrogens with zero attached hydrogens (tertiary/aromatic N) is 2. The third-order valence-electron chi connectivity index (χ3n) is 9.85. The molecule has 2 fully saturated rings. The van der Waals surface area contributed by atoms with Crippen LogP contribution in [-0.4, -0.2) is 33.8 Å². The van der Waals surface area contributed by atoms with E-state index in [0.29, 0.717) is 35.1 Å². The number of fused-ring (bicyclic) bond motifs is 3. The minimum absolute atomic E-state index is 0.0314. The van der Waals surface area contributed by atoms with Gasteiger partial charge in [0.15, 0.2) is 11.6 Å². The zero-order valence-corrected chi connectivity index (χ0v) is 22.1. The van der Waals surface area contributed by atoms with Gasteiger partial charge in [-0.15, -0.1) is 4.91 Å². The molecule has 9 heteroatoms. The van der Waals surface area contributed by atoms with Crippen LogP contribution in [0.2, 0.25) is 0 Å². The average Bonchev–Trinajstić information content (AvgIpc) is 2.90. The standard InChI is InChI=1S/C30H29N3O6/c1-13-9-19(16-7-5-15(12-31)6-8-16)23(33-39)21-18(13)10-17-11-29(3)14(2)24(34)22(28(32)38)27(37)30(29,4)26(36)20(17)25(21)35/h5-9,14,17,22,24,34-35H,10-11H2,1-4H3,(H2,32,38)/t14-,17+,22?,24?,29+,30-/m1/s1. The van der Waals surface area contributed by atoms with Gasteiger partial charge in [-0.2, -0.15) is 5.26 Å². The first-order chi connectivity index (χ1) is 18.3. The number of aliphatic hydroxyl groups is 2. The maximum Gasteiger partial charge on any atom is 0.230 e. The predicted octanol–water partition coefficient (Wildman–Crippen LogP) is 4.04. The van der Waals surface area contributed by atoms with E-state index in [1.165, 1.54) is 6.92 Å². The van der Waals surface area contributed by atoms with Crippen LogP contribution in [0.4, 0.5) is 5.69 Å². The summed E-state index contributed by atoms with van der Waals surface area (Å²) < 4.78 is 0. The molecule has 0 aromatic heterocycles. The minimum atomic E-state index is -1.72. The van der Waals surface area contributed by atoms with Crippen LogP contribution in [0.1, 0.15) is 49.4 Å². The lowest BCUT2D eigenvalue weighted by Crippen LogP contribution is -2.68. The first kappa shape index (κ1) is 26.4. The number of carbonyl (C=O) groups excluding carboxylic acids is 3. The predicted molar refractivity (Wildman–Crippen MR) is 142 cm³/mol. The van der Waals surface area contributed by atoms with Crippen molar-refractivity contribution in [1.82, 2.24) is 0 Å². The van der Waals surface area contributed by atoms with E-state index >= 15 is 0 Å². The molecule has 200 valence electrons. The van der Waals surface area contributed by atoms with Gasteiger partial charge in [0.2, 0.25) is 5.91 Å². The largest absolute Gasteiger partial charge is 0.507 e. The van der Waals surface area contributed by atoms with Crippen LogP contribution < -0.4 is 5.73 Å². The van der Waals surface area contributed by atoms with Gasteiger partial charge >= 0.3 is 0 Å². The molecule has 39 heavy (non-hydrogen) atoms. The number of amides is 1. The molecule has 2 aromatic carbocycles. The van der Waals surface area contributed by atoms with Gasteiger partial charge in [-0.3, -0.25) is 14.4 Å². The fraction of sp³-hybridized carbons (Fsp3) is 0.400. The van der Waals surface area contributed by atoms with Crippen molar-refractivity contribution in [3.05, 3.63) is 63.1 Å². The Kier molecular flexibility index (Phi) is 5.89. The number of nitroso groups, excluding NO2 is 1. The Morgan fingerprint density at radius 2 is 1.85 bits per heavy atom. The molecular formula is C30H29N3O6. The lowest BCUT2D eigenvalue weighted by molar-refractivity contribution is -0.180. The van der Waals surface area contributed by atoms with Gasteiger partial charge in [0, 0.05) is 11.1 Å². The molecule has 6 atom stereocenters. The third kappa shape index (κ3) is 3.31. The van der Waals surface area contributed by atoms with Crippen molar-refractivity contribution in [3.8, 4) is 17.2 Å². The summed E-state index contributed by atoms with van der Waals surface area (Å²) in [5.41, 5.74) is 5.85. The van der Waals surface area contributed by atoms with Crippen LogP contribution in [0.25, 0.3) is 16.9 Å². The van der Waals surface area contributed by atoms with Gasteiger partial charge in [0.05, 0.1) is 28.7 Å². The molecule has 2 unspecified atom stereocenters. The third-order valence-corrected chi connectivity index (χ3v) is 9.85. The van der Waals surface area contributed by atoms with Crippen LogP contribution in [0.3, 0.4) is 0 Å². The van der Waals surface area contributed by atoms with Gasteiger partial charge in [-0.05, 0) is 84.0 Å². The fourth-order valence-corrected chi connectivity index (χ4v) is 7.26. The Labute approximate surface area is 225 Å². The Hall–Kier alpha value is -4.16. The highest BCUT2D eigenvalue weighted by Crippen LogP contribution is 2.63. The van der Waals surface area contributed by atoms with Gasteiger partial charge in [-0.25, -0.2) is 0 Å². The number of Topliss-reactive ketones (excluding diaryl/α,β-unsaturated/α-hetero) is 2. The van der Waals surface area contributed by atoms with E-state index in [9.17, 15) is 29.5 Å². The van der Waals surface area contributed by atoms with Gasteiger partial charge in [-0.1, -0.05) is 26.0 Å². The lowest BCUT2D eigenvalue weighted by Gasteiger charge is -2.59. The molecule has 4 N–H and O–H groups in total. The number of nitrogens with two attached hydrogens (primary N) is 1. The number of aliphatic hydroxyl groups excluding tert-OH is 2. The second-order valence-electron chi connectivity index (χ2n) is 11.5. The van der Waals surface area contributed by atoms with E-state index in [1.807, 2.05) is 13.0 Å². The number of benzene rings is 2. The number of rotatable bonds is 3. The number of aryl methyl sites for hydroxylation is 1. The Balaban J connectivity index is 1.74. The van der Waals surface area contributed by atoms with E-state index in [2.05, 4.69) is 5.18 Å². The molecule has 0 radical (unpaired) electrons. The van der Waals surface area contributed by atoms with Crippen molar-refractivity contribution in [2.24, 2.45) is 39.5 Å². The molecule has 3 aliphatic rings. The Morgan fingerprint density at radius 3 is 2.41 bits per heavy atom. The van der Waals surface area contributed by atoms with E-state index < -0.39 is 57.9 Å². The summed E-state index contributed by atoms with van der Waals surface area (Å²) in [6.07, 6.45) is -0.715. The van der Waals surface area contributed by atoms with Gasteiger partial charge < -0.3 is 15.9 Å². The Morgan fingerprint density at radius 1 is 1.21 bits per heavy atom. The molecule has 0 spiro atoms. The average molecular weight is 528 g/mol. The summed E-state index contributed by atoms with van der Waals surface area (Å²) in [5, 5.41) is 35.0. The number of carbonyl (C=O) groups is 3. The van der Waals surface area contributed by atoms with Crippen molar-refractivity contribution >= 4 is 28.9 Å². The molecule has 9 nitrogen and oxygen atoms in total. The highest BCUT2D eigenvalue weighted by molar-refractivity contribution is 6.22. The normalized spacial score (nSPS) is 31.6. The first-order valence-electron chi connectivity index (χ1n) is 12.8. The van der Waals surface area contributed by atoms with Gasteiger partial charge in [0.25, 0.3) is 0 Å². The van der Waals surface area contributed by atoms with E-state index in [4.69, 9.17) is 11.0 Å². The summed E-state index contributed by atoms with van der Waals surface area (Å²) in [6, 6.07) is 10.4. The smallest absolute Gasteiger partial charge is 0.230 e. The second kappa shape index (κ2) is 8.68. The van der Waals surface area contributed by atoms with Crippen molar-refractivity contribution in [2.45, 2.75) is 46.6 Å². The maximum absolute atomic E-state index is 14.3. The molecular weight excluding hydrogens is 498 g/mol. The maximum atomic E-state index is 14.3. The zero-order valence-electron chi connectivity index (χ0n) is 22.1. The van der Waals surface area contributed by atoms with E-state index in [1.54, 1.807) is 44.2 Å². The van der Waals surface area contributed by atoms with Crippen molar-refractivity contribution in [3.63, 3.8) is 0 Å². The summed E-state index contributed by atoms with van der Waals surface area (Å²) in [6.45, 7) is 6.81. The molecule has 3 aliphatic carbocycles. The topological polar surface area (TPSA) is 171 Å². The van der Waals surface area contributed by atoms with Crippen molar-refractivity contribution in [2.75, 3.05) is 0 Å². The van der Waals surface area contributed by atoms with Crippen LogP contribution in [0.15, 0.2) is 41.1 Å². The molecule has 2 saturated carbocycles. The SMILES string of the molecule is Cc1cc(-c2ccc(C#N)cc2)c(N=O)c2c1C[C@H]1C[C@@]3(C)[C@H](C)C(O)C(C(N)=O)C(=O)[C@@]3(C)C(=O)C1=C2O. The minimum Gasteiger partial charge on any atom is -0.507 e. The van der Waals surface area contributed by atoms with E-state index in [0.717, 1.165) is 5.56 Å². The number of hydrogen-bond acceptors (Lipinski definition) is 8. The van der Waals surface area contributed by atoms with Crippen LogP contribution in [0, 0.1) is 51.7 Å². The number of ketones is 2. The van der Waals surface area contributed by atoms with Crippen LogP contribution in [0.5, 0.6) is 0 Å². The van der Waals surface area contributed by atoms with Crippen LogP contribution in [-0.2, 0) is 20.8 Å². The molecule has 0 saturated heterocycles. The number of nitriles is 1. The monoisotopic (exact) mass is 527 g/mol. The van der Waals surface area contributed by atoms with Crippen molar-refractivity contribution in [1.29, 1.82) is 5.26 Å². The quantitative estimate of drug-likeness (QED) is 0.399. The first-order valence-corrected chi connectivity index (χ1v) is 12.8. The Bertz CT molecular complexity index is 1550. The molecule has 5 rings (SSSR count). The van der Waals surface area contributed by atoms with Crippen molar-refractivity contribution < 1.29 is 24.6 Å². The lowest BCUT2D eigenvalue weighted by atomic mass is 9.42. The summed E-state index contributed by atoms with van der Waals surface area (Å²) in [5.74, 6) is -5.42.